The summed E-state index contributed by atoms with van der Waals surface area (Å²) >= 11 is 3.42. The SMILES string of the molecule is COCCCNC(=O)c1cccc(NC(=O)COc2ccc(Br)c(C)c2)c1. The molecule has 0 radical (unpaired) electrons. The Morgan fingerprint density at radius 3 is 2.70 bits per heavy atom. The molecule has 2 aromatic carbocycles. The second-order valence-electron chi connectivity index (χ2n) is 5.93. The van der Waals surface area contributed by atoms with Crippen molar-refractivity contribution in [1.29, 1.82) is 0 Å². The van der Waals surface area contributed by atoms with E-state index in [4.69, 9.17) is 9.47 Å². The van der Waals surface area contributed by atoms with Crippen LogP contribution in [0.5, 0.6) is 5.75 Å². The molecule has 0 saturated heterocycles. The van der Waals surface area contributed by atoms with E-state index in [1.807, 2.05) is 19.1 Å². The van der Waals surface area contributed by atoms with Gasteiger partial charge in [0, 0.05) is 36.0 Å². The highest BCUT2D eigenvalue weighted by atomic mass is 79.9. The average Bonchev–Trinajstić information content (AvgIpc) is 2.66. The maximum atomic E-state index is 12.1. The summed E-state index contributed by atoms with van der Waals surface area (Å²) in [5.41, 5.74) is 2.05. The number of ether oxygens (including phenoxy) is 2. The van der Waals surface area contributed by atoms with Crippen LogP contribution in [0.15, 0.2) is 46.9 Å². The molecule has 0 unspecified atom stereocenters. The number of aryl methyl sites for hydroxylation is 1. The van der Waals surface area contributed by atoms with Crippen LogP contribution in [0.4, 0.5) is 5.69 Å². The molecule has 0 spiro atoms. The average molecular weight is 435 g/mol. The van der Waals surface area contributed by atoms with Crippen LogP contribution >= 0.6 is 15.9 Å². The summed E-state index contributed by atoms with van der Waals surface area (Å²) in [6.45, 7) is 2.95. The Kier molecular flexibility index (Phi) is 8.29. The van der Waals surface area contributed by atoms with Gasteiger partial charge in [-0.3, -0.25) is 9.59 Å². The van der Waals surface area contributed by atoms with Crippen molar-refractivity contribution in [2.75, 3.05) is 32.2 Å². The van der Waals surface area contributed by atoms with E-state index in [1.54, 1.807) is 37.4 Å². The van der Waals surface area contributed by atoms with Gasteiger partial charge in [-0.15, -0.1) is 0 Å². The highest BCUT2D eigenvalue weighted by molar-refractivity contribution is 9.10. The summed E-state index contributed by atoms with van der Waals surface area (Å²) in [5.74, 6) is 0.132. The fraction of sp³-hybridized carbons (Fsp3) is 0.300. The van der Waals surface area contributed by atoms with Gasteiger partial charge in [0.2, 0.25) is 0 Å². The van der Waals surface area contributed by atoms with Gasteiger partial charge in [-0.1, -0.05) is 22.0 Å². The summed E-state index contributed by atoms with van der Waals surface area (Å²) in [7, 11) is 1.62. The minimum atomic E-state index is -0.298. The predicted molar refractivity (Wildman–Crippen MR) is 108 cm³/mol. The second kappa shape index (κ2) is 10.7. The first-order valence-corrected chi connectivity index (χ1v) is 9.35. The first kappa shape index (κ1) is 20.9. The van der Waals surface area contributed by atoms with E-state index < -0.39 is 0 Å². The van der Waals surface area contributed by atoms with Crippen molar-refractivity contribution in [1.82, 2.24) is 5.32 Å². The van der Waals surface area contributed by atoms with Crippen LogP contribution in [0, 0.1) is 6.92 Å². The number of carbonyl (C=O) groups is 2. The number of nitrogens with one attached hydrogen (secondary N) is 2. The molecule has 144 valence electrons. The van der Waals surface area contributed by atoms with Crippen LogP contribution < -0.4 is 15.4 Å². The molecule has 0 aliphatic heterocycles. The standard InChI is InChI=1S/C20H23BrN2O4/c1-14-11-17(7-8-18(14)21)27-13-19(24)23-16-6-3-5-15(12-16)20(25)22-9-4-10-26-2/h3,5-8,11-12H,4,9-10,13H2,1-2H3,(H,22,25)(H,23,24). The van der Waals surface area contributed by atoms with E-state index in [0.717, 1.165) is 16.5 Å². The number of methoxy groups -OCH3 is 1. The number of rotatable bonds is 9. The molecular formula is C20H23BrN2O4. The Morgan fingerprint density at radius 1 is 1.15 bits per heavy atom. The number of benzene rings is 2. The number of carbonyl (C=O) groups excluding carboxylic acids is 2. The number of anilines is 1. The molecule has 2 amide bonds. The molecule has 27 heavy (non-hydrogen) atoms. The van der Waals surface area contributed by atoms with Crippen molar-refractivity contribution < 1.29 is 19.1 Å². The lowest BCUT2D eigenvalue weighted by molar-refractivity contribution is -0.118. The molecule has 2 rings (SSSR count). The molecule has 0 aliphatic carbocycles. The van der Waals surface area contributed by atoms with Gasteiger partial charge in [0.05, 0.1) is 0 Å². The van der Waals surface area contributed by atoms with E-state index in [2.05, 4.69) is 26.6 Å². The number of hydrogen-bond donors (Lipinski definition) is 2. The first-order chi connectivity index (χ1) is 13.0. The molecule has 7 heteroatoms. The lowest BCUT2D eigenvalue weighted by Gasteiger charge is -2.10. The Balaban J connectivity index is 1.86. The Bertz CT molecular complexity index is 795. The van der Waals surface area contributed by atoms with Gasteiger partial charge in [-0.2, -0.15) is 0 Å². The van der Waals surface area contributed by atoms with Crippen LogP contribution in [-0.4, -0.2) is 38.7 Å². The van der Waals surface area contributed by atoms with Gasteiger partial charge < -0.3 is 20.1 Å². The molecule has 0 aromatic heterocycles. The minimum Gasteiger partial charge on any atom is -0.484 e. The maximum absolute atomic E-state index is 12.1. The zero-order valence-corrected chi connectivity index (χ0v) is 17.0. The lowest BCUT2D eigenvalue weighted by atomic mass is 10.2. The minimum absolute atomic E-state index is 0.117. The van der Waals surface area contributed by atoms with Crippen molar-refractivity contribution in [3.63, 3.8) is 0 Å². The van der Waals surface area contributed by atoms with Gasteiger partial charge >= 0.3 is 0 Å². The molecule has 0 heterocycles. The van der Waals surface area contributed by atoms with Gasteiger partial charge in [0.1, 0.15) is 5.75 Å². The van der Waals surface area contributed by atoms with Gasteiger partial charge in [0.25, 0.3) is 11.8 Å². The molecule has 0 saturated carbocycles. The number of amides is 2. The summed E-state index contributed by atoms with van der Waals surface area (Å²) in [6, 6.07) is 12.3. The Hall–Kier alpha value is -2.38. The molecule has 2 aromatic rings. The summed E-state index contributed by atoms with van der Waals surface area (Å²) in [4.78, 5) is 24.2. The fourth-order valence-corrected chi connectivity index (χ4v) is 2.56. The summed E-state index contributed by atoms with van der Waals surface area (Å²) < 4.78 is 11.4. The van der Waals surface area contributed by atoms with Crippen LogP contribution in [0.3, 0.4) is 0 Å². The van der Waals surface area contributed by atoms with Crippen LogP contribution in [0.25, 0.3) is 0 Å². The largest absolute Gasteiger partial charge is 0.484 e. The molecule has 2 N–H and O–H groups in total. The van der Waals surface area contributed by atoms with E-state index in [-0.39, 0.29) is 18.4 Å². The third-order valence-electron chi connectivity index (χ3n) is 3.72. The molecule has 0 fully saturated rings. The molecule has 0 bridgehead atoms. The normalized spacial score (nSPS) is 10.3. The van der Waals surface area contributed by atoms with E-state index in [0.29, 0.717) is 30.2 Å². The fourth-order valence-electron chi connectivity index (χ4n) is 2.31. The zero-order chi connectivity index (χ0) is 19.6. The molecule has 6 nitrogen and oxygen atoms in total. The van der Waals surface area contributed by atoms with Crippen LogP contribution in [0.1, 0.15) is 22.3 Å². The van der Waals surface area contributed by atoms with Crippen LogP contribution in [0.2, 0.25) is 0 Å². The third kappa shape index (κ3) is 7.03. The Morgan fingerprint density at radius 2 is 1.96 bits per heavy atom. The maximum Gasteiger partial charge on any atom is 0.262 e. The quantitative estimate of drug-likeness (QED) is 0.591. The summed E-state index contributed by atoms with van der Waals surface area (Å²) in [5, 5.41) is 5.55. The number of hydrogen-bond acceptors (Lipinski definition) is 4. The molecule has 0 aliphatic rings. The third-order valence-corrected chi connectivity index (χ3v) is 4.61. The second-order valence-corrected chi connectivity index (χ2v) is 6.79. The van der Waals surface area contributed by atoms with Crippen molar-refractivity contribution in [2.45, 2.75) is 13.3 Å². The van der Waals surface area contributed by atoms with Gasteiger partial charge in [0.15, 0.2) is 6.61 Å². The van der Waals surface area contributed by atoms with E-state index in [1.165, 1.54) is 0 Å². The molecule has 0 atom stereocenters. The molecular weight excluding hydrogens is 412 g/mol. The predicted octanol–water partition coefficient (Wildman–Crippen LogP) is 3.54. The van der Waals surface area contributed by atoms with Crippen molar-refractivity contribution in [2.24, 2.45) is 0 Å². The van der Waals surface area contributed by atoms with Crippen molar-refractivity contribution in [3.05, 3.63) is 58.1 Å². The number of halogens is 1. The smallest absolute Gasteiger partial charge is 0.262 e. The van der Waals surface area contributed by atoms with Gasteiger partial charge in [-0.05, 0) is 55.3 Å². The first-order valence-electron chi connectivity index (χ1n) is 8.55. The highest BCUT2D eigenvalue weighted by Crippen LogP contribution is 2.21. The van der Waals surface area contributed by atoms with E-state index in [9.17, 15) is 9.59 Å². The van der Waals surface area contributed by atoms with Crippen molar-refractivity contribution >= 4 is 33.4 Å². The monoisotopic (exact) mass is 434 g/mol. The van der Waals surface area contributed by atoms with Crippen LogP contribution in [-0.2, 0) is 9.53 Å². The topological polar surface area (TPSA) is 76.7 Å². The summed E-state index contributed by atoms with van der Waals surface area (Å²) in [6.07, 6.45) is 0.742. The zero-order valence-electron chi connectivity index (χ0n) is 15.4. The Labute approximate surface area is 167 Å². The van der Waals surface area contributed by atoms with Crippen molar-refractivity contribution in [3.8, 4) is 5.75 Å². The lowest BCUT2D eigenvalue weighted by Crippen LogP contribution is -2.25. The highest BCUT2D eigenvalue weighted by Gasteiger charge is 2.08. The van der Waals surface area contributed by atoms with Gasteiger partial charge in [-0.25, -0.2) is 0 Å². The van der Waals surface area contributed by atoms with E-state index >= 15 is 0 Å².